The monoisotopic (exact) mass is 175 g/mol. The van der Waals surface area contributed by atoms with Crippen molar-refractivity contribution in [1.29, 1.82) is 0 Å². The maximum Gasteiger partial charge on any atom is 0.277 e. The SMILES string of the molecule is CNCC(F)(F)Cn1ccnc1. The minimum Gasteiger partial charge on any atom is -0.331 e. The van der Waals surface area contributed by atoms with E-state index in [0.29, 0.717) is 0 Å². The van der Waals surface area contributed by atoms with Gasteiger partial charge in [-0.05, 0) is 7.05 Å². The number of hydrogen-bond acceptors (Lipinski definition) is 2. The van der Waals surface area contributed by atoms with Gasteiger partial charge < -0.3 is 9.88 Å². The summed E-state index contributed by atoms with van der Waals surface area (Å²) in [7, 11) is 1.50. The lowest BCUT2D eigenvalue weighted by Crippen LogP contribution is -2.34. The highest BCUT2D eigenvalue weighted by Crippen LogP contribution is 2.14. The lowest BCUT2D eigenvalue weighted by molar-refractivity contribution is -0.0132. The van der Waals surface area contributed by atoms with Crippen LogP contribution in [0.4, 0.5) is 8.78 Å². The van der Waals surface area contributed by atoms with Gasteiger partial charge in [0.25, 0.3) is 5.92 Å². The Labute approximate surface area is 69.4 Å². The Balaban J connectivity index is 2.50. The van der Waals surface area contributed by atoms with Crippen LogP contribution in [0.15, 0.2) is 18.7 Å². The summed E-state index contributed by atoms with van der Waals surface area (Å²) in [6.45, 7) is -0.640. The normalized spacial score (nSPS) is 11.9. The summed E-state index contributed by atoms with van der Waals surface area (Å²) < 4.78 is 27.1. The number of aromatic nitrogens is 2. The van der Waals surface area contributed by atoms with Gasteiger partial charge in [-0.15, -0.1) is 0 Å². The van der Waals surface area contributed by atoms with Crippen LogP contribution in [-0.2, 0) is 6.54 Å². The molecule has 0 aliphatic rings. The van der Waals surface area contributed by atoms with E-state index in [1.165, 1.54) is 30.3 Å². The molecule has 5 heteroatoms. The molecule has 0 fully saturated rings. The van der Waals surface area contributed by atoms with Gasteiger partial charge in [0.15, 0.2) is 0 Å². The van der Waals surface area contributed by atoms with Crippen molar-refractivity contribution in [2.45, 2.75) is 12.5 Å². The molecule has 3 nitrogen and oxygen atoms in total. The van der Waals surface area contributed by atoms with Gasteiger partial charge in [0.2, 0.25) is 0 Å². The third kappa shape index (κ3) is 2.58. The molecule has 0 spiro atoms. The molecule has 0 saturated carbocycles. The van der Waals surface area contributed by atoms with E-state index in [1.807, 2.05) is 0 Å². The highest BCUT2D eigenvalue weighted by Gasteiger charge is 2.27. The van der Waals surface area contributed by atoms with Crippen molar-refractivity contribution in [3.8, 4) is 0 Å². The van der Waals surface area contributed by atoms with Crippen molar-refractivity contribution >= 4 is 0 Å². The van der Waals surface area contributed by atoms with Gasteiger partial charge in [0.1, 0.15) is 0 Å². The van der Waals surface area contributed by atoms with Gasteiger partial charge in [-0.2, -0.15) is 0 Å². The Morgan fingerprint density at radius 1 is 1.58 bits per heavy atom. The van der Waals surface area contributed by atoms with Gasteiger partial charge in [0.05, 0.1) is 19.4 Å². The molecule has 0 aromatic carbocycles. The van der Waals surface area contributed by atoms with Crippen LogP contribution in [0.1, 0.15) is 0 Å². The lowest BCUT2D eigenvalue weighted by Gasteiger charge is -2.15. The van der Waals surface area contributed by atoms with Crippen molar-refractivity contribution in [1.82, 2.24) is 14.9 Å². The Hall–Kier alpha value is -0.970. The highest BCUT2D eigenvalue weighted by molar-refractivity contribution is 4.78. The van der Waals surface area contributed by atoms with E-state index in [0.717, 1.165) is 0 Å². The summed E-state index contributed by atoms with van der Waals surface area (Å²) in [5.41, 5.74) is 0. The molecule has 1 N–H and O–H groups in total. The van der Waals surface area contributed by atoms with Crippen LogP contribution in [0.5, 0.6) is 0 Å². The van der Waals surface area contributed by atoms with Crippen molar-refractivity contribution in [3.05, 3.63) is 18.7 Å². The molecule has 1 heterocycles. The molecule has 0 amide bonds. The van der Waals surface area contributed by atoms with Gasteiger partial charge in [-0.25, -0.2) is 13.8 Å². The summed E-state index contributed by atoms with van der Waals surface area (Å²) in [5, 5.41) is 2.44. The largest absolute Gasteiger partial charge is 0.331 e. The number of rotatable bonds is 4. The molecule has 12 heavy (non-hydrogen) atoms. The number of hydrogen-bond donors (Lipinski definition) is 1. The number of halogens is 2. The maximum absolute atomic E-state index is 12.9. The topological polar surface area (TPSA) is 29.9 Å². The zero-order valence-electron chi connectivity index (χ0n) is 6.80. The molecule has 68 valence electrons. The molecule has 0 radical (unpaired) electrons. The predicted octanol–water partition coefficient (Wildman–Crippen LogP) is 0.738. The van der Waals surface area contributed by atoms with Crippen LogP contribution >= 0.6 is 0 Å². The summed E-state index contributed by atoms with van der Waals surface area (Å²) in [6, 6.07) is 0. The van der Waals surface area contributed by atoms with Crippen LogP contribution in [0, 0.1) is 0 Å². The average molecular weight is 175 g/mol. The average Bonchev–Trinajstić information content (AvgIpc) is 2.38. The molecule has 0 atom stereocenters. The molecule has 1 aromatic rings. The van der Waals surface area contributed by atoms with Crippen LogP contribution in [0.25, 0.3) is 0 Å². The van der Waals surface area contributed by atoms with Gasteiger partial charge >= 0.3 is 0 Å². The first-order valence-electron chi connectivity index (χ1n) is 3.62. The van der Waals surface area contributed by atoms with E-state index in [4.69, 9.17) is 0 Å². The first kappa shape index (κ1) is 9.12. The van der Waals surface area contributed by atoms with Crippen LogP contribution in [0.2, 0.25) is 0 Å². The second-order valence-corrected chi connectivity index (χ2v) is 2.62. The highest BCUT2D eigenvalue weighted by atomic mass is 19.3. The number of imidazole rings is 1. The van der Waals surface area contributed by atoms with Crippen molar-refractivity contribution in [2.24, 2.45) is 0 Å². The van der Waals surface area contributed by atoms with Crippen molar-refractivity contribution < 1.29 is 8.78 Å². The van der Waals surface area contributed by atoms with Crippen molar-refractivity contribution in [3.63, 3.8) is 0 Å². The third-order valence-corrected chi connectivity index (χ3v) is 1.41. The number of nitrogens with zero attached hydrogens (tertiary/aromatic N) is 2. The fourth-order valence-corrected chi connectivity index (χ4v) is 0.962. The van der Waals surface area contributed by atoms with Crippen LogP contribution in [-0.4, -0.2) is 29.1 Å². The standard InChI is InChI=1S/C7H11F2N3/c1-10-4-7(8,9)5-12-3-2-11-6-12/h2-3,6,10H,4-5H2,1H3. The number of nitrogens with one attached hydrogen (secondary N) is 1. The smallest absolute Gasteiger partial charge is 0.277 e. The zero-order valence-corrected chi connectivity index (χ0v) is 6.80. The summed E-state index contributed by atoms with van der Waals surface area (Å²) in [5.74, 6) is -2.71. The molecule has 0 unspecified atom stereocenters. The molecular formula is C7H11F2N3. The molecule has 0 aliphatic carbocycles. The van der Waals surface area contributed by atoms with E-state index < -0.39 is 5.92 Å². The fourth-order valence-electron chi connectivity index (χ4n) is 0.962. The zero-order chi connectivity index (χ0) is 9.03. The molecule has 0 bridgehead atoms. The van der Waals surface area contributed by atoms with Crippen LogP contribution in [0.3, 0.4) is 0 Å². The first-order chi connectivity index (χ1) is 5.64. The van der Waals surface area contributed by atoms with E-state index in [-0.39, 0.29) is 13.1 Å². The predicted molar refractivity (Wildman–Crippen MR) is 41.1 cm³/mol. The summed E-state index contributed by atoms with van der Waals surface area (Å²) in [4.78, 5) is 3.68. The molecular weight excluding hydrogens is 164 g/mol. The van der Waals surface area contributed by atoms with Gasteiger partial charge in [0, 0.05) is 12.4 Å². The van der Waals surface area contributed by atoms with Crippen LogP contribution < -0.4 is 5.32 Å². The maximum atomic E-state index is 12.9. The number of alkyl halides is 2. The second kappa shape index (κ2) is 3.62. The first-order valence-corrected chi connectivity index (χ1v) is 3.62. The summed E-state index contributed by atoms with van der Waals surface area (Å²) in [6.07, 6.45) is 4.38. The third-order valence-electron chi connectivity index (χ3n) is 1.41. The molecule has 1 rings (SSSR count). The van der Waals surface area contributed by atoms with E-state index in [2.05, 4.69) is 10.3 Å². The fraction of sp³-hybridized carbons (Fsp3) is 0.571. The Morgan fingerprint density at radius 3 is 2.83 bits per heavy atom. The molecule has 0 aliphatic heterocycles. The minimum atomic E-state index is -2.71. The van der Waals surface area contributed by atoms with E-state index >= 15 is 0 Å². The van der Waals surface area contributed by atoms with E-state index in [1.54, 1.807) is 0 Å². The summed E-state index contributed by atoms with van der Waals surface area (Å²) >= 11 is 0. The van der Waals surface area contributed by atoms with E-state index in [9.17, 15) is 8.78 Å². The van der Waals surface area contributed by atoms with Gasteiger partial charge in [-0.3, -0.25) is 0 Å². The Bertz CT molecular complexity index is 221. The molecule has 0 saturated heterocycles. The lowest BCUT2D eigenvalue weighted by atomic mass is 10.3. The Morgan fingerprint density at radius 2 is 2.33 bits per heavy atom. The second-order valence-electron chi connectivity index (χ2n) is 2.62. The van der Waals surface area contributed by atoms with Gasteiger partial charge in [-0.1, -0.05) is 0 Å². The molecule has 1 aromatic heterocycles. The van der Waals surface area contributed by atoms with Crippen molar-refractivity contribution in [2.75, 3.05) is 13.6 Å². The Kier molecular flexibility index (Phi) is 2.75. The minimum absolute atomic E-state index is 0.314. The quantitative estimate of drug-likeness (QED) is 0.731.